The van der Waals surface area contributed by atoms with Crippen LogP contribution in [0.5, 0.6) is 0 Å². The fraction of sp³-hybridized carbons (Fsp3) is 0.700. The van der Waals surface area contributed by atoms with Crippen molar-refractivity contribution in [3.63, 3.8) is 0 Å². The van der Waals surface area contributed by atoms with Crippen LogP contribution in [0.1, 0.15) is 33.6 Å². The van der Waals surface area contributed by atoms with E-state index in [1.54, 1.807) is 0 Å². The average Bonchev–Trinajstić information content (AvgIpc) is 1.97. The molecule has 12 heavy (non-hydrogen) atoms. The van der Waals surface area contributed by atoms with Crippen LogP contribution < -0.4 is 5.73 Å². The van der Waals surface area contributed by atoms with Crippen molar-refractivity contribution in [3.8, 4) is 0 Å². The fourth-order valence-electron chi connectivity index (χ4n) is 0.899. The van der Waals surface area contributed by atoms with Crippen LogP contribution in [-0.4, -0.2) is 12.4 Å². The Morgan fingerprint density at radius 2 is 2.08 bits per heavy atom. The lowest BCUT2D eigenvalue weighted by atomic mass is 9.99. The Morgan fingerprint density at radius 3 is 2.50 bits per heavy atom. The second-order valence-corrected chi connectivity index (χ2v) is 3.41. The number of nitrogens with zero attached hydrogens (tertiary/aromatic N) is 1. The molecule has 0 saturated heterocycles. The molecule has 0 aromatic carbocycles. The molecule has 70 valence electrons. The van der Waals surface area contributed by atoms with E-state index in [-0.39, 0.29) is 0 Å². The predicted molar refractivity (Wildman–Crippen MR) is 55.4 cm³/mol. The molecule has 0 bridgehead atoms. The highest BCUT2D eigenvalue weighted by Gasteiger charge is 2.00. The summed E-state index contributed by atoms with van der Waals surface area (Å²) < 4.78 is 0. The van der Waals surface area contributed by atoms with E-state index in [4.69, 9.17) is 5.73 Å². The average molecular weight is 168 g/mol. The smallest absolute Gasteiger partial charge is 0.0905 e. The summed E-state index contributed by atoms with van der Waals surface area (Å²) in [6.07, 6.45) is 2.26. The zero-order valence-corrected chi connectivity index (χ0v) is 8.43. The molecule has 2 heteroatoms. The van der Waals surface area contributed by atoms with Crippen molar-refractivity contribution in [1.82, 2.24) is 0 Å². The number of aliphatic imine (C=N–C) groups is 1. The standard InChI is InChI=1S/C10H20N2/c1-8(2)9(3)6-5-7-12-10(4)11/h9H,1,5-7H2,2-4H3,(H2,11,12). The molecule has 0 saturated carbocycles. The molecule has 0 aromatic rings. The van der Waals surface area contributed by atoms with Crippen molar-refractivity contribution in [2.75, 3.05) is 6.54 Å². The monoisotopic (exact) mass is 168 g/mol. The van der Waals surface area contributed by atoms with Gasteiger partial charge in [0, 0.05) is 6.54 Å². The number of nitrogens with two attached hydrogens (primary N) is 1. The fourth-order valence-corrected chi connectivity index (χ4v) is 0.899. The molecular formula is C10H20N2. The Morgan fingerprint density at radius 1 is 1.50 bits per heavy atom. The summed E-state index contributed by atoms with van der Waals surface area (Å²) in [4.78, 5) is 4.12. The van der Waals surface area contributed by atoms with Crippen molar-refractivity contribution in [3.05, 3.63) is 12.2 Å². The van der Waals surface area contributed by atoms with E-state index in [0.29, 0.717) is 11.8 Å². The third-order valence-electron chi connectivity index (χ3n) is 2.00. The minimum atomic E-state index is 0.610. The molecular weight excluding hydrogens is 148 g/mol. The first-order chi connectivity index (χ1) is 5.54. The maximum absolute atomic E-state index is 5.40. The highest BCUT2D eigenvalue weighted by Crippen LogP contribution is 2.13. The predicted octanol–water partition coefficient (Wildman–Crippen LogP) is 2.36. The molecule has 0 fully saturated rings. The Labute approximate surface area is 75.6 Å². The van der Waals surface area contributed by atoms with E-state index in [1.165, 1.54) is 5.57 Å². The Bertz CT molecular complexity index is 167. The SMILES string of the molecule is C=C(C)C(C)CCCN=C(C)N. The van der Waals surface area contributed by atoms with Gasteiger partial charge in [-0.1, -0.05) is 19.1 Å². The second kappa shape index (κ2) is 5.81. The van der Waals surface area contributed by atoms with Gasteiger partial charge in [0.1, 0.15) is 0 Å². The van der Waals surface area contributed by atoms with Gasteiger partial charge in [-0.2, -0.15) is 0 Å². The van der Waals surface area contributed by atoms with Crippen LogP contribution in [0, 0.1) is 5.92 Å². The highest BCUT2D eigenvalue weighted by molar-refractivity contribution is 5.77. The Balaban J connectivity index is 3.44. The first kappa shape index (κ1) is 11.2. The largest absolute Gasteiger partial charge is 0.388 e. The van der Waals surface area contributed by atoms with Gasteiger partial charge in [0.05, 0.1) is 5.84 Å². The third kappa shape index (κ3) is 5.96. The molecule has 0 heterocycles. The van der Waals surface area contributed by atoms with Crippen molar-refractivity contribution in [1.29, 1.82) is 0 Å². The van der Waals surface area contributed by atoms with Crippen LogP contribution in [0.3, 0.4) is 0 Å². The zero-order chi connectivity index (χ0) is 9.56. The van der Waals surface area contributed by atoms with Gasteiger partial charge in [-0.25, -0.2) is 0 Å². The topological polar surface area (TPSA) is 38.4 Å². The third-order valence-corrected chi connectivity index (χ3v) is 2.00. The summed E-state index contributed by atoms with van der Waals surface area (Å²) in [5.41, 5.74) is 6.65. The summed E-state index contributed by atoms with van der Waals surface area (Å²) in [7, 11) is 0. The lowest BCUT2D eigenvalue weighted by Crippen LogP contribution is -2.06. The molecule has 0 aliphatic carbocycles. The van der Waals surface area contributed by atoms with Gasteiger partial charge in [-0.3, -0.25) is 4.99 Å². The lowest BCUT2D eigenvalue weighted by molar-refractivity contribution is 0.586. The molecule has 0 spiro atoms. The number of rotatable bonds is 5. The zero-order valence-electron chi connectivity index (χ0n) is 8.43. The second-order valence-electron chi connectivity index (χ2n) is 3.41. The summed E-state index contributed by atoms with van der Waals surface area (Å²) in [6.45, 7) is 10.8. The Kier molecular flexibility index (Phi) is 5.43. The van der Waals surface area contributed by atoms with Crippen LogP contribution >= 0.6 is 0 Å². The van der Waals surface area contributed by atoms with Crippen LogP contribution in [0.15, 0.2) is 17.1 Å². The van der Waals surface area contributed by atoms with Gasteiger partial charge in [0.15, 0.2) is 0 Å². The van der Waals surface area contributed by atoms with E-state index in [1.807, 2.05) is 6.92 Å². The minimum absolute atomic E-state index is 0.610. The van der Waals surface area contributed by atoms with Crippen molar-refractivity contribution >= 4 is 5.84 Å². The number of hydrogen-bond acceptors (Lipinski definition) is 1. The maximum atomic E-state index is 5.40. The van der Waals surface area contributed by atoms with Gasteiger partial charge in [-0.05, 0) is 32.6 Å². The first-order valence-corrected chi connectivity index (χ1v) is 4.46. The molecule has 0 rings (SSSR count). The van der Waals surface area contributed by atoms with Crippen molar-refractivity contribution < 1.29 is 0 Å². The van der Waals surface area contributed by atoms with E-state index >= 15 is 0 Å². The number of amidine groups is 1. The molecule has 1 unspecified atom stereocenters. The van der Waals surface area contributed by atoms with E-state index in [2.05, 4.69) is 25.4 Å². The summed E-state index contributed by atoms with van der Waals surface area (Å²) in [6, 6.07) is 0. The normalized spacial score (nSPS) is 14.4. The molecule has 1 atom stereocenters. The molecule has 0 amide bonds. The molecule has 2 N–H and O–H groups in total. The van der Waals surface area contributed by atoms with E-state index in [9.17, 15) is 0 Å². The lowest BCUT2D eigenvalue weighted by Gasteiger charge is -2.08. The summed E-state index contributed by atoms with van der Waals surface area (Å²) in [5, 5.41) is 0. The van der Waals surface area contributed by atoms with Gasteiger partial charge in [0.2, 0.25) is 0 Å². The van der Waals surface area contributed by atoms with Crippen molar-refractivity contribution in [2.24, 2.45) is 16.6 Å². The molecule has 0 aliphatic heterocycles. The van der Waals surface area contributed by atoms with Gasteiger partial charge < -0.3 is 5.73 Å². The molecule has 0 aliphatic rings. The van der Waals surface area contributed by atoms with Gasteiger partial charge in [-0.15, -0.1) is 0 Å². The number of hydrogen-bond donors (Lipinski definition) is 1. The van der Waals surface area contributed by atoms with Crippen LogP contribution in [0.25, 0.3) is 0 Å². The van der Waals surface area contributed by atoms with Crippen LogP contribution in [0.2, 0.25) is 0 Å². The van der Waals surface area contributed by atoms with Crippen LogP contribution in [0.4, 0.5) is 0 Å². The highest BCUT2D eigenvalue weighted by atomic mass is 14.8. The van der Waals surface area contributed by atoms with Gasteiger partial charge >= 0.3 is 0 Å². The minimum Gasteiger partial charge on any atom is -0.388 e. The quantitative estimate of drug-likeness (QED) is 0.291. The molecule has 0 aromatic heterocycles. The Hall–Kier alpha value is -0.790. The number of allylic oxidation sites excluding steroid dienone is 1. The first-order valence-electron chi connectivity index (χ1n) is 4.46. The van der Waals surface area contributed by atoms with Crippen LogP contribution in [-0.2, 0) is 0 Å². The summed E-state index contributed by atoms with van der Waals surface area (Å²) >= 11 is 0. The maximum Gasteiger partial charge on any atom is 0.0905 e. The molecule has 2 nitrogen and oxygen atoms in total. The summed E-state index contributed by atoms with van der Waals surface area (Å²) in [5.74, 6) is 1.29. The van der Waals surface area contributed by atoms with Gasteiger partial charge in [0.25, 0.3) is 0 Å². The van der Waals surface area contributed by atoms with Crippen molar-refractivity contribution in [2.45, 2.75) is 33.6 Å². The van der Waals surface area contributed by atoms with E-state index in [0.717, 1.165) is 19.4 Å². The molecule has 0 radical (unpaired) electrons. The van der Waals surface area contributed by atoms with E-state index < -0.39 is 0 Å².